The van der Waals surface area contributed by atoms with Crippen LogP contribution in [0.4, 0.5) is 0 Å². The quantitative estimate of drug-likeness (QED) is 0.599. The molecule has 0 aliphatic rings. The summed E-state index contributed by atoms with van der Waals surface area (Å²) in [5.41, 5.74) is 1.11. The monoisotopic (exact) mass is 184 g/mol. The third kappa shape index (κ3) is 9.25. The van der Waals surface area contributed by atoms with Crippen LogP contribution in [0.2, 0.25) is 0 Å². The van der Waals surface area contributed by atoms with Gasteiger partial charge in [0, 0.05) is 19.3 Å². The normalized spacial score (nSPS) is 11.8. The predicted molar refractivity (Wildman–Crippen MR) is 63.2 cm³/mol. The van der Waals surface area contributed by atoms with Crippen LogP contribution in [0.5, 0.6) is 0 Å². The molecule has 0 saturated carbocycles. The van der Waals surface area contributed by atoms with Crippen molar-refractivity contribution in [3.8, 4) is 0 Å². The Labute approximate surface area is 83.2 Å². The average molecular weight is 184 g/mol. The van der Waals surface area contributed by atoms with Crippen molar-refractivity contribution in [3.05, 3.63) is 0 Å². The highest BCUT2D eigenvalue weighted by molar-refractivity contribution is 6.31. The third-order valence-corrected chi connectivity index (χ3v) is 1.34. The van der Waals surface area contributed by atoms with Gasteiger partial charge in [-0.15, -0.1) is 0 Å². The van der Waals surface area contributed by atoms with Crippen LogP contribution >= 0.6 is 0 Å². The molecule has 2 heteroatoms. The molecular formula is C11H24N2. The molecule has 0 amide bonds. The molecule has 0 atom stereocenters. The molecule has 78 valence electrons. The molecule has 0 aliphatic carbocycles. The second-order valence-corrected chi connectivity index (χ2v) is 2.68. The van der Waals surface area contributed by atoms with Crippen molar-refractivity contribution in [1.82, 2.24) is 0 Å². The lowest BCUT2D eigenvalue weighted by atomic mass is 10.1. The minimum atomic E-state index is 0.491. The first-order valence-electron chi connectivity index (χ1n) is 5.26. The van der Waals surface area contributed by atoms with Gasteiger partial charge in [0.05, 0.1) is 5.71 Å². The third-order valence-electron chi connectivity index (χ3n) is 1.34. The Hall–Kier alpha value is -0.660. The summed E-state index contributed by atoms with van der Waals surface area (Å²) in [4.78, 5) is 8.48. The van der Waals surface area contributed by atoms with Gasteiger partial charge in [-0.05, 0) is 19.8 Å². The van der Waals surface area contributed by atoms with Gasteiger partial charge in [0.25, 0.3) is 0 Å². The molecule has 2 nitrogen and oxygen atoms in total. The summed E-state index contributed by atoms with van der Waals surface area (Å²) in [5, 5.41) is 0. The molecule has 0 rings (SSSR count). The highest BCUT2D eigenvalue weighted by atomic mass is 14.8. The van der Waals surface area contributed by atoms with Gasteiger partial charge in [0.15, 0.2) is 0 Å². The molecule has 0 spiro atoms. The van der Waals surface area contributed by atoms with Crippen molar-refractivity contribution in [1.29, 1.82) is 0 Å². The maximum absolute atomic E-state index is 4.33. The lowest BCUT2D eigenvalue weighted by Gasteiger charge is -2.02. The zero-order valence-corrected chi connectivity index (χ0v) is 9.96. The SMILES string of the molecule is CC.CCN=CC(=NCC)C(C)C. The van der Waals surface area contributed by atoms with Crippen molar-refractivity contribution < 1.29 is 0 Å². The Morgan fingerprint density at radius 3 is 2.00 bits per heavy atom. The highest BCUT2D eigenvalue weighted by Gasteiger charge is 1.99. The van der Waals surface area contributed by atoms with Gasteiger partial charge in [-0.3, -0.25) is 9.98 Å². The molecule has 0 N–H and O–H groups in total. The summed E-state index contributed by atoms with van der Waals surface area (Å²) >= 11 is 0. The molecule has 0 aromatic carbocycles. The van der Waals surface area contributed by atoms with Crippen molar-refractivity contribution in [2.45, 2.75) is 41.5 Å². The molecule has 0 heterocycles. The van der Waals surface area contributed by atoms with E-state index in [0.717, 1.165) is 18.8 Å². The van der Waals surface area contributed by atoms with Crippen LogP contribution in [0.1, 0.15) is 41.5 Å². The van der Waals surface area contributed by atoms with Crippen molar-refractivity contribution in [2.24, 2.45) is 15.9 Å². The van der Waals surface area contributed by atoms with Crippen LogP contribution in [0, 0.1) is 5.92 Å². The van der Waals surface area contributed by atoms with Gasteiger partial charge >= 0.3 is 0 Å². The summed E-state index contributed by atoms with van der Waals surface area (Å²) in [7, 11) is 0. The van der Waals surface area contributed by atoms with E-state index in [2.05, 4.69) is 23.8 Å². The average Bonchev–Trinajstić information content (AvgIpc) is 2.15. The number of hydrogen-bond acceptors (Lipinski definition) is 2. The van der Waals surface area contributed by atoms with E-state index in [0.29, 0.717) is 5.92 Å². The van der Waals surface area contributed by atoms with Crippen LogP contribution in [0.3, 0.4) is 0 Å². The van der Waals surface area contributed by atoms with E-state index >= 15 is 0 Å². The molecule has 0 unspecified atom stereocenters. The predicted octanol–water partition coefficient (Wildman–Crippen LogP) is 3.22. The van der Waals surface area contributed by atoms with E-state index in [1.54, 1.807) is 0 Å². The Morgan fingerprint density at radius 1 is 1.15 bits per heavy atom. The van der Waals surface area contributed by atoms with Gasteiger partial charge in [-0.25, -0.2) is 0 Å². The lowest BCUT2D eigenvalue weighted by Crippen LogP contribution is -2.09. The molecular weight excluding hydrogens is 160 g/mol. The minimum absolute atomic E-state index is 0.491. The van der Waals surface area contributed by atoms with E-state index in [4.69, 9.17) is 0 Å². The zero-order chi connectivity index (χ0) is 10.7. The molecule has 0 saturated heterocycles. The molecule has 0 aromatic heterocycles. The van der Waals surface area contributed by atoms with Crippen molar-refractivity contribution in [3.63, 3.8) is 0 Å². The number of hydrogen-bond donors (Lipinski definition) is 0. The van der Waals surface area contributed by atoms with E-state index in [9.17, 15) is 0 Å². The number of nitrogens with zero attached hydrogens (tertiary/aromatic N) is 2. The lowest BCUT2D eigenvalue weighted by molar-refractivity contribution is 0.884. The zero-order valence-electron chi connectivity index (χ0n) is 9.96. The smallest absolute Gasteiger partial charge is 0.0551 e. The van der Waals surface area contributed by atoms with Gasteiger partial charge < -0.3 is 0 Å². The number of rotatable bonds is 4. The largest absolute Gasteiger partial charge is 0.292 e. The van der Waals surface area contributed by atoms with Gasteiger partial charge in [0.2, 0.25) is 0 Å². The van der Waals surface area contributed by atoms with Crippen molar-refractivity contribution in [2.75, 3.05) is 13.1 Å². The van der Waals surface area contributed by atoms with Crippen molar-refractivity contribution >= 4 is 11.9 Å². The molecule has 0 radical (unpaired) electrons. The summed E-state index contributed by atoms with van der Waals surface area (Å²) in [6.45, 7) is 14.0. The maximum Gasteiger partial charge on any atom is 0.0551 e. The van der Waals surface area contributed by atoms with E-state index in [-0.39, 0.29) is 0 Å². The standard InChI is InChI=1S/C9H18N2.C2H6/c1-5-10-7-9(8(3)4)11-6-2;1-2/h7-8H,5-6H2,1-4H3;1-2H3. The van der Waals surface area contributed by atoms with Crippen LogP contribution in [0.15, 0.2) is 9.98 Å². The second-order valence-electron chi connectivity index (χ2n) is 2.68. The Morgan fingerprint density at radius 2 is 1.69 bits per heavy atom. The summed E-state index contributed by atoms with van der Waals surface area (Å²) in [6, 6.07) is 0. The topological polar surface area (TPSA) is 24.7 Å². The van der Waals surface area contributed by atoms with E-state index < -0.39 is 0 Å². The minimum Gasteiger partial charge on any atom is -0.292 e. The molecule has 0 bridgehead atoms. The summed E-state index contributed by atoms with van der Waals surface area (Å²) < 4.78 is 0. The highest BCUT2D eigenvalue weighted by Crippen LogP contribution is 1.95. The first kappa shape index (κ1) is 14.8. The van der Waals surface area contributed by atoms with Gasteiger partial charge in [-0.1, -0.05) is 27.7 Å². The van der Waals surface area contributed by atoms with Crippen LogP contribution in [0.25, 0.3) is 0 Å². The molecule has 13 heavy (non-hydrogen) atoms. The first-order chi connectivity index (χ1) is 6.22. The second kappa shape index (κ2) is 11.3. The summed E-state index contributed by atoms with van der Waals surface area (Å²) in [6.07, 6.45) is 1.88. The first-order valence-corrected chi connectivity index (χ1v) is 5.26. The van der Waals surface area contributed by atoms with Gasteiger partial charge in [0.1, 0.15) is 0 Å². The molecule has 0 fully saturated rings. The number of aliphatic imine (C=N–C) groups is 2. The van der Waals surface area contributed by atoms with Crippen LogP contribution in [-0.4, -0.2) is 25.0 Å². The Kier molecular flexibility index (Phi) is 12.9. The molecule has 0 aliphatic heterocycles. The fraction of sp³-hybridized carbons (Fsp3) is 0.818. The van der Waals surface area contributed by atoms with E-state index in [1.165, 1.54) is 0 Å². The Bertz CT molecular complexity index is 146. The fourth-order valence-electron chi connectivity index (χ4n) is 0.740. The van der Waals surface area contributed by atoms with Crippen LogP contribution < -0.4 is 0 Å². The van der Waals surface area contributed by atoms with Crippen LogP contribution in [-0.2, 0) is 0 Å². The maximum atomic E-state index is 4.33. The molecule has 0 aromatic rings. The summed E-state index contributed by atoms with van der Waals surface area (Å²) in [5.74, 6) is 0.491. The Balaban J connectivity index is 0. The van der Waals surface area contributed by atoms with Gasteiger partial charge in [-0.2, -0.15) is 0 Å². The van der Waals surface area contributed by atoms with E-state index in [1.807, 2.05) is 33.9 Å². The fourth-order valence-corrected chi connectivity index (χ4v) is 0.740.